The first-order valence-corrected chi connectivity index (χ1v) is 4.96. The van der Waals surface area contributed by atoms with Crippen molar-refractivity contribution in [3.63, 3.8) is 0 Å². The van der Waals surface area contributed by atoms with Gasteiger partial charge in [0.2, 0.25) is 0 Å². The summed E-state index contributed by atoms with van der Waals surface area (Å²) in [6, 6.07) is 5.69. The van der Waals surface area contributed by atoms with Gasteiger partial charge < -0.3 is 10.0 Å². The lowest BCUT2D eigenvalue weighted by atomic mass is 10.2. The van der Waals surface area contributed by atoms with Crippen LogP contribution in [-0.4, -0.2) is 29.8 Å². The standard InChI is InChI=1S/C11H15N3O/c1-3-14(6-7-15)11-10(8-12)5-4-9(2)13-11/h4-5,15H,3,6-7H2,1-2H3. The van der Waals surface area contributed by atoms with E-state index in [0.29, 0.717) is 17.9 Å². The molecule has 0 saturated heterocycles. The molecule has 0 aromatic carbocycles. The Labute approximate surface area is 89.8 Å². The van der Waals surface area contributed by atoms with Gasteiger partial charge in [-0.25, -0.2) is 4.98 Å². The number of hydrogen-bond acceptors (Lipinski definition) is 4. The summed E-state index contributed by atoms with van der Waals surface area (Å²) >= 11 is 0. The number of nitrogens with zero attached hydrogens (tertiary/aromatic N) is 3. The fourth-order valence-corrected chi connectivity index (χ4v) is 1.41. The highest BCUT2D eigenvalue weighted by Gasteiger charge is 2.10. The smallest absolute Gasteiger partial charge is 0.146 e. The zero-order valence-electron chi connectivity index (χ0n) is 9.06. The fourth-order valence-electron chi connectivity index (χ4n) is 1.41. The summed E-state index contributed by atoms with van der Waals surface area (Å²) in [6.07, 6.45) is 0. The van der Waals surface area contributed by atoms with Crippen LogP contribution in [0.4, 0.5) is 5.82 Å². The van der Waals surface area contributed by atoms with Crippen molar-refractivity contribution >= 4 is 5.82 Å². The molecular formula is C11H15N3O. The molecule has 1 aromatic rings. The molecule has 0 amide bonds. The van der Waals surface area contributed by atoms with E-state index in [4.69, 9.17) is 10.4 Å². The minimum Gasteiger partial charge on any atom is -0.395 e. The van der Waals surface area contributed by atoms with Crippen LogP contribution >= 0.6 is 0 Å². The highest BCUT2D eigenvalue weighted by Crippen LogP contribution is 2.17. The van der Waals surface area contributed by atoms with E-state index in [9.17, 15) is 0 Å². The van der Waals surface area contributed by atoms with Gasteiger partial charge in [0.1, 0.15) is 11.9 Å². The van der Waals surface area contributed by atoms with Crippen molar-refractivity contribution < 1.29 is 5.11 Å². The summed E-state index contributed by atoms with van der Waals surface area (Å²) in [5.41, 5.74) is 1.43. The summed E-state index contributed by atoms with van der Waals surface area (Å²) < 4.78 is 0. The van der Waals surface area contributed by atoms with E-state index in [1.807, 2.05) is 24.8 Å². The number of aryl methyl sites for hydroxylation is 1. The van der Waals surface area contributed by atoms with Gasteiger partial charge in [0.25, 0.3) is 0 Å². The number of nitriles is 1. The lowest BCUT2D eigenvalue weighted by Crippen LogP contribution is -2.28. The molecule has 4 nitrogen and oxygen atoms in total. The monoisotopic (exact) mass is 205 g/mol. The van der Waals surface area contributed by atoms with Crippen LogP contribution in [0.5, 0.6) is 0 Å². The minimum absolute atomic E-state index is 0.0638. The molecule has 80 valence electrons. The Hall–Kier alpha value is -1.60. The summed E-state index contributed by atoms with van der Waals surface area (Å²) in [7, 11) is 0. The van der Waals surface area contributed by atoms with E-state index in [1.165, 1.54) is 0 Å². The molecule has 0 aliphatic carbocycles. The molecule has 0 fully saturated rings. The van der Waals surface area contributed by atoms with Gasteiger partial charge in [0.15, 0.2) is 0 Å². The van der Waals surface area contributed by atoms with E-state index < -0.39 is 0 Å². The van der Waals surface area contributed by atoms with Crippen LogP contribution < -0.4 is 4.90 Å². The van der Waals surface area contributed by atoms with Crippen molar-refractivity contribution in [3.05, 3.63) is 23.4 Å². The fraction of sp³-hybridized carbons (Fsp3) is 0.455. The second-order valence-corrected chi connectivity index (χ2v) is 3.24. The van der Waals surface area contributed by atoms with Crippen molar-refractivity contribution in [2.45, 2.75) is 13.8 Å². The van der Waals surface area contributed by atoms with Crippen molar-refractivity contribution in [1.82, 2.24) is 4.98 Å². The van der Waals surface area contributed by atoms with Crippen LogP contribution in [0.3, 0.4) is 0 Å². The predicted octanol–water partition coefficient (Wildman–Crippen LogP) is 1.08. The zero-order valence-corrected chi connectivity index (χ0v) is 9.06. The van der Waals surface area contributed by atoms with E-state index in [0.717, 1.165) is 12.2 Å². The van der Waals surface area contributed by atoms with Gasteiger partial charge >= 0.3 is 0 Å². The number of hydrogen-bond donors (Lipinski definition) is 1. The molecule has 0 spiro atoms. The van der Waals surface area contributed by atoms with Gasteiger partial charge in [-0.05, 0) is 26.0 Å². The van der Waals surface area contributed by atoms with Gasteiger partial charge in [-0.1, -0.05) is 0 Å². The van der Waals surface area contributed by atoms with Gasteiger partial charge in [-0.2, -0.15) is 5.26 Å². The van der Waals surface area contributed by atoms with Gasteiger partial charge in [0.05, 0.1) is 12.2 Å². The third kappa shape index (κ3) is 2.67. The SMILES string of the molecule is CCN(CCO)c1nc(C)ccc1C#N. The second kappa shape index (κ2) is 5.32. The summed E-state index contributed by atoms with van der Waals surface area (Å²) in [5.74, 6) is 0.661. The lowest BCUT2D eigenvalue weighted by Gasteiger charge is -2.21. The molecule has 0 saturated carbocycles. The molecule has 1 aromatic heterocycles. The quantitative estimate of drug-likeness (QED) is 0.799. The highest BCUT2D eigenvalue weighted by atomic mass is 16.3. The summed E-state index contributed by atoms with van der Waals surface area (Å²) in [5, 5.41) is 17.9. The van der Waals surface area contributed by atoms with E-state index in [2.05, 4.69) is 11.1 Å². The number of rotatable bonds is 4. The number of pyridine rings is 1. The number of likely N-dealkylation sites (N-methyl/N-ethyl adjacent to an activating group) is 1. The highest BCUT2D eigenvalue weighted by molar-refractivity contribution is 5.54. The molecule has 15 heavy (non-hydrogen) atoms. The second-order valence-electron chi connectivity index (χ2n) is 3.24. The molecule has 0 atom stereocenters. The van der Waals surface area contributed by atoms with Crippen molar-refractivity contribution in [2.75, 3.05) is 24.6 Å². The molecule has 0 aliphatic rings. The van der Waals surface area contributed by atoms with Crippen LogP contribution in [0.1, 0.15) is 18.2 Å². The van der Waals surface area contributed by atoms with E-state index >= 15 is 0 Å². The van der Waals surface area contributed by atoms with Crippen LogP contribution in [0.25, 0.3) is 0 Å². The third-order valence-electron chi connectivity index (χ3n) is 2.19. The topological polar surface area (TPSA) is 60.1 Å². The third-order valence-corrected chi connectivity index (χ3v) is 2.19. The van der Waals surface area contributed by atoms with Gasteiger partial charge in [-0.15, -0.1) is 0 Å². The van der Waals surface area contributed by atoms with E-state index in [1.54, 1.807) is 6.07 Å². The molecule has 0 aliphatic heterocycles. The van der Waals surface area contributed by atoms with Crippen LogP contribution in [0, 0.1) is 18.3 Å². The molecule has 1 heterocycles. The number of aliphatic hydroxyl groups is 1. The Morgan fingerprint density at radius 3 is 2.80 bits per heavy atom. The maximum atomic E-state index is 8.94. The Morgan fingerprint density at radius 1 is 1.53 bits per heavy atom. The average Bonchev–Trinajstić information content (AvgIpc) is 2.26. The van der Waals surface area contributed by atoms with E-state index in [-0.39, 0.29) is 6.61 Å². The normalized spacial score (nSPS) is 9.73. The molecule has 4 heteroatoms. The molecule has 0 bridgehead atoms. The first-order chi connectivity index (χ1) is 7.22. The number of aliphatic hydroxyl groups excluding tert-OH is 1. The predicted molar refractivity (Wildman–Crippen MR) is 58.7 cm³/mol. The van der Waals surface area contributed by atoms with Crippen LogP contribution in [0.2, 0.25) is 0 Å². The maximum Gasteiger partial charge on any atom is 0.146 e. The largest absolute Gasteiger partial charge is 0.395 e. The average molecular weight is 205 g/mol. The van der Waals surface area contributed by atoms with Crippen molar-refractivity contribution in [3.8, 4) is 6.07 Å². The Bertz CT molecular complexity index is 371. The Kier molecular flexibility index (Phi) is 4.07. The molecule has 0 unspecified atom stereocenters. The number of aromatic nitrogens is 1. The summed E-state index contributed by atoms with van der Waals surface area (Å²) in [6.45, 7) is 5.15. The van der Waals surface area contributed by atoms with Crippen LogP contribution in [-0.2, 0) is 0 Å². The maximum absolute atomic E-state index is 8.94. The molecule has 1 rings (SSSR count). The first-order valence-electron chi connectivity index (χ1n) is 4.96. The van der Waals surface area contributed by atoms with Crippen molar-refractivity contribution in [2.24, 2.45) is 0 Å². The zero-order chi connectivity index (χ0) is 11.3. The van der Waals surface area contributed by atoms with Crippen LogP contribution in [0.15, 0.2) is 12.1 Å². The van der Waals surface area contributed by atoms with Gasteiger partial charge in [0, 0.05) is 18.8 Å². The number of anilines is 1. The van der Waals surface area contributed by atoms with Crippen molar-refractivity contribution in [1.29, 1.82) is 5.26 Å². The molecule has 1 N–H and O–H groups in total. The first kappa shape index (κ1) is 11.5. The molecule has 0 radical (unpaired) electrons. The molecular weight excluding hydrogens is 190 g/mol. The van der Waals surface area contributed by atoms with Gasteiger partial charge in [-0.3, -0.25) is 0 Å². The Balaban J connectivity index is 3.09. The minimum atomic E-state index is 0.0638. The lowest BCUT2D eigenvalue weighted by molar-refractivity contribution is 0.302. The summed E-state index contributed by atoms with van der Waals surface area (Å²) in [4.78, 5) is 6.22. The Morgan fingerprint density at radius 2 is 2.27 bits per heavy atom.